The van der Waals surface area contributed by atoms with Crippen LogP contribution in [0.15, 0.2) is 11.0 Å². The highest BCUT2D eigenvalue weighted by molar-refractivity contribution is 6.30. The molecule has 1 aromatic heterocycles. The molecule has 0 bridgehead atoms. The average Bonchev–Trinajstić information content (AvgIpc) is 2.92. The second-order valence-corrected chi connectivity index (χ2v) is 5.49. The molecule has 0 saturated heterocycles. The predicted octanol–water partition coefficient (Wildman–Crippen LogP) is 2.06. The average molecular weight is 286 g/mol. The van der Waals surface area contributed by atoms with Crippen molar-refractivity contribution in [3.05, 3.63) is 21.6 Å². The highest BCUT2D eigenvalue weighted by Crippen LogP contribution is 2.29. The van der Waals surface area contributed by atoms with Crippen molar-refractivity contribution >= 4 is 17.5 Å². The molecule has 1 saturated carbocycles. The van der Waals surface area contributed by atoms with Crippen LogP contribution in [0.2, 0.25) is 5.02 Å². The molecule has 1 atom stereocenters. The van der Waals surface area contributed by atoms with Crippen LogP contribution in [0.5, 0.6) is 0 Å². The smallest absolute Gasteiger partial charge is 0.271 e. The Balaban J connectivity index is 2.03. The largest absolute Gasteiger partial charge is 0.379 e. The maximum atomic E-state index is 11.5. The fourth-order valence-electron chi connectivity index (χ4n) is 2.67. The van der Waals surface area contributed by atoms with Crippen LogP contribution in [-0.2, 0) is 4.74 Å². The molecule has 0 aromatic carbocycles. The summed E-state index contributed by atoms with van der Waals surface area (Å²) in [5.41, 5.74) is -0.312. The van der Waals surface area contributed by atoms with Crippen molar-refractivity contribution in [2.24, 2.45) is 5.92 Å². The minimum Gasteiger partial charge on any atom is -0.379 e. The first-order chi connectivity index (χ1) is 9.11. The fraction of sp³-hybridized carbons (Fsp3) is 0.692. The second kappa shape index (κ2) is 6.39. The summed E-state index contributed by atoms with van der Waals surface area (Å²) in [4.78, 5) is 20.2. The molecule has 1 aliphatic carbocycles. The Morgan fingerprint density at radius 3 is 2.84 bits per heavy atom. The quantitative estimate of drug-likeness (QED) is 0.900. The van der Waals surface area contributed by atoms with E-state index in [1.165, 1.54) is 31.9 Å². The van der Waals surface area contributed by atoms with Gasteiger partial charge in [0.2, 0.25) is 5.95 Å². The van der Waals surface area contributed by atoms with Gasteiger partial charge < -0.3 is 9.64 Å². The molecule has 1 aliphatic rings. The topological polar surface area (TPSA) is 58.2 Å². The van der Waals surface area contributed by atoms with Crippen molar-refractivity contribution in [3.8, 4) is 0 Å². The molecular weight excluding hydrogens is 266 g/mol. The molecule has 1 heterocycles. The molecule has 0 aliphatic heterocycles. The van der Waals surface area contributed by atoms with Crippen LogP contribution in [0.3, 0.4) is 0 Å². The summed E-state index contributed by atoms with van der Waals surface area (Å²) in [5, 5.41) is 0.108. The van der Waals surface area contributed by atoms with Gasteiger partial charge in [0.1, 0.15) is 5.02 Å². The zero-order valence-electron chi connectivity index (χ0n) is 11.4. The Hall–Kier alpha value is -1.07. The second-order valence-electron chi connectivity index (χ2n) is 5.08. The van der Waals surface area contributed by atoms with Gasteiger partial charge in [-0.2, -0.15) is 0 Å². The lowest BCUT2D eigenvalue weighted by atomic mass is 10.0. The number of aromatic nitrogens is 2. The van der Waals surface area contributed by atoms with Crippen molar-refractivity contribution in [1.29, 1.82) is 0 Å². The summed E-state index contributed by atoms with van der Waals surface area (Å²) >= 11 is 5.67. The zero-order chi connectivity index (χ0) is 13.8. The molecule has 19 heavy (non-hydrogen) atoms. The Bertz CT molecular complexity index is 471. The summed E-state index contributed by atoms with van der Waals surface area (Å²) in [7, 11) is 3.64. The molecule has 1 fully saturated rings. The molecule has 1 aromatic rings. The van der Waals surface area contributed by atoms with Gasteiger partial charge in [-0.3, -0.25) is 9.78 Å². The van der Waals surface area contributed by atoms with Crippen LogP contribution >= 0.6 is 11.6 Å². The molecule has 6 heteroatoms. The number of ether oxygens (including phenoxy) is 1. The minimum absolute atomic E-state index is 0.108. The maximum Gasteiger partial charge on any atom is 0.271 e. The first kappa shape index (κ1) is 14.3. The third-order valence-corrected chi connectivity index (χ3v) is 4.06. The highest BCUT2D eigenvalue weighted by atomic mass is 35.5. The van der Waals surface area contributed by atoms with Crippen LogP contribution in [0, 0.1) is 5.92 Å². The van der Waals surface area contributed by atoms with Crippen molar-refractivity contribution in [1.82, 2.24) is 9.97 Å². The van der Waals surface area contributed by atoms with Gasteiger partial charge in [-0.05, 0) is 18.8 Å². The van der Waals surface area contributed by atoms with Crippen LogP contribution in [0.25, 0.3) is 0 Å². The Morgan fingerprint density at radius 1 is 1.58 bits per heavy atom. The maximum absolute atomic E-state index is 11.5. The summed E-state index contributed by atoms with van der Waals surface area (Å²) in [5.74, 6) is 1.13. The molecule has 106 valence electrons. The number of anilines is 1. The van der Waals surface area contributed by atoms with Crippen molar-refractivity contribution in [3.63, 3.8) is 0 Å². The monoisotopic (exact) mass is 285 g/mol. The van der Waals surface area contributed by atoms with Gasteiger partial charge >= 0.3 is 0 Å². The van der Waals surface area contributed by atoms with Crippen molar-refractivity contribution in [2.75, 3.05) is 25.6 Å². The third kappa shape index (κ3) is 3.48. The number of nitrogens with zero attached hydrogens (tertiary/aromatic N) is 2. The molecule has 0 radical (unpaired) electrons. The van der Waals surface area contributed by atoms with Crippen LogP contribution in [0.4, 0.5) is 5.95 Å². The Kier molecular flexibility index (Phi) is 4.82. The number of rotatable bonds is 5. The van der Waals surface area contributed by atoms with Gasteiger partial charge in [-0.25, -0.2) is 4.98 Å². The number of aromatic amines is 1. The van der Waals surface area contributed by atoms with E-state index in [4.69, 9.17) is 16.3 Å². The predicted molar refractivity (Wildman–Crippen MR) is 75.9 cm³/mol. The molecule has 1 unspecified atom stereocenters. The van der Waals surface area contributed by atoms with Crippen molar-refractivity contribution in [2.45, 2.75) is 31.8 Å². The standard InChI is InChI=1S/C13H20ClN3O2/c1-17(13-15-7-10(14)12(18)16-13)8-11(19-2)9-5-3-4-6-9/h7,9,11H,3-6,8H2,1-2H3,(H,15,16,18). The lowest BCUT2D eigenvalue weighted by molar-refractivity contribution is 0.0602. The normalized spacial score (nSPS) is 17.6. The molecule has 1 N–H and O–H groups in total. The van der Waals surface area contributed by atoms with E-state index < -0.39 is 0 Å². The number of likely N-dealkylation sites (N-methyl/N-ethyl adjacent to an activating group) is 1. The van der Waals surface area contributed by atoms with E-state index in [0.717, 1.165) is 0 Å². The highest BCUT2D eigenvalue weighted by Gasteiger charge is 2.26. The van der Waals surface area contributed by atoms with Gasteiger partial charge in [-0.15, -0.1) is 0 Å². The van der Waals surface area contributed by atoms with E-state index in [0.29, 0.717) is 18.4 Å². The fourth-order valence-corrected chi connectivity index (χ4v) is 2.76. The van der Waals surface area contributed by atoms with Gasteiger partial charge in [0.25, 0.3) is 5.56 Å². The van der Waals surface area contributed by atoms with Crippen LogP contribution < -0.4 is 10.5 Å². The van der Waals surface area contributed by atoms with E-state index in [2.05, 4.69) is 9.97 Å². The molecule has 2 rings (SSSR count). The first-order valence-electron chi connectivity index (χ1n) is 6.60. The number of nitrogens with one attached hydrogen (secondary N) is 1. The summed E-state index contributed by atoms with van der Waals surface area (Å²) in [6.07, 6.45) is 6.56. The number of methoxy groups -OCH3 is 1. The number of hydrogen-bond donors (Lipinski definition) is 1. The van der Waals surface area contributed by atoms with E-state index in [1.54, 1.807) is 7.11 Å². The molecule has 0 amide bonds. The number of H-pyrrole nitrogens is 1. The number of hydrogen-bond acceptors (Lipinski definition) is 4. The minimum atomic E-state index is -0.312. The van der Waals surface area contributed by atoms with E-state index in [1.807, 2.05) is 11.9 Å². The lowest BCUT2D eigenvalue weighted by Gasteiger charge is -2.27. The molecular formula is C13H20ClN3O2. The zero-order valence-corrected chi connectivity index (χ0v) is 12.1. The van der Waals surface area contributed by atoms with Gasteiger partial charge in [0, 0.05) is 20.7 Å². The van der Waals surface area contributed by atoms with Crippen molar-refractivity contribution < 1.29 is 4.74 Å². The van der Waals surface area contributed by atoms with Gasteiger partial charge in [0.05, 0.1) is 12.3 Å². The van der Waals surface area contributed by atoms with E-state index in [-0.39, 0.29) is 16.7 Å². The van der Waals surface area contributed by atoms with Crippen LogP contribution in [-0.4, -0.2) is 36.8 Å². The Morgan fingerprint density at radius 2 is 2.26 bits per heavy atom. The summed E-state index contributed by atoms with van der Waals surface area (Å²) in [6.45, 7) is 0.714. The molecule has 0 spiro atoms. The van der Waals surface area contributed by atoms with Gasteiger partial charge in [-0.1, -0.05) is 24.4 Å². The molecule has 5 nitrogen and oxygen atoms in total. The van der Waals surface area contributed by atoms with E-state index in [9.17, 15) is 4.79 Å². The summed E-state index contributed by atoms with van der Waals surface area (Å²) in [6, 6.07) is 0. The first-order valence-corrected chi connectivity index (χ1v) is 6.98. The van der Waals surface area contributed by atoms with Crippen LogP contribution in [0.1, 0.15) is 25.7 Å². The summed E-state index contributed by atoms with van der Waals surface area (Å²) < 4.78 is 5.59. The third-order valence-electron chi connectivity index (χ3n) is 3.79. The number of halogens is 1. The Labute approximate surface area is 117 Å². The van der Waals surface area contributed by atoms with Gasteiger partial charge in [0.15, 0.2) is 0 Å². The van der Waals surface area contributed by atoms with E-state index >= 15 is 0 Å². The SMILES string of the molecule is COC(CN(C)c1ncc(Cl)c(=O)[nH]1)C1CCCC1. The lowest BCUT2D eigenvalue weighted by Crippen LogP contribution is -2.36.